The average Bonchev–Trinajstić information content (AvgIpc) is 3.14. The normalized spacial score (nSPS) is 21.7. The van der Waals surface area contributed by atoms with Crippen molar-refractivity contribution < 1.29 is 39.8 Å². The minimum absolute atomic E-state index is 0.132. The fraction of sp³-hybridized carbons (Fsp3) is 0.977. The number of aliphatic hydroxyl groups excluding tert-OH is 5. The SMILES string of the molecule is CCCCCCCCCCCCCCCCCC(=O)NC(COC1OC(CO)C(O)C(O)C1O)C(O)CCCCCCCCCCCCCCCC. The summed E-state index contributed by atoms with van der Waals surface area (Å²) in [6.45, 7) is 3.84. The van der Waals surface area contributed by atoms with Gasteiger partial charge in [-0.1, -0.05) is 194 Å². The molecule has 0 aromatic carbocycles. The molecule has 0 aromatic rings. The van der Waals surface area contributed by atoms with Gasteiger partial charge >= 0.3 is 0 Å². The third-order valence-corrected chi connectivity index (χ3v) is 11.0. The van der Waals surface area contributed by atoms with Crippen molar-refractivity contribution >= 4 is 5.91 Å². The first-order chi connectivity index (χ1) is 25.3. The quantitative estimate of drug-likeness (QED) is 0.0346. The predicted octanol–water partition coefficient (Wildman–Crippen LogP) is 8.78. The third kappa shape index (κ3) is 25.3. The highest BCUT2D eigenvalue weighted by Crippen LogP contribution is 2.23. The maximum atomic E-state index is 12.9. The van der Waals surface area contributed by atoms with Crippen LogP contribution in [0.15, 0.2) is 0 Å². The number of nitrogens with one attached hydrogen (secondary N) is 1. The van der Waals surface area contributed by atoms with E-state index in [1.807, 2.05) is 0 Å². The van der Waals surface area contributed by atoms with E-state index in [0.29, 0.717) is 12.8 Å². The summed E-state index contributed by atoms with van der Waals surface area (Å²) in [6.07, 6.45) is 29.6. The van der Waals surface area contributed by atoms with Crippen LogP contribution in [0.25, 0.3) is 0 Å². The first kappa shape index (κ1) is 49.2. The summed E-state index contributed by atoms with van der Waals surface area (Å²) < 4.78 is 11.2. The summed E-state index contributed by atoms with van der Waals surface area (Å²) >= 11 is 0. The molecule has 9 nitrogen and oxygen atoms in total. The maximum absolute atomic E-state index is 12.9. The molecule has 0 bridgehead atoms. The minimum atomic E-state index is -1.55. The lowest BCUT2D eigenvalue weighted by atomic mass is 9.99. The molecule has 0 aliphatic carbocycles. The molecule has 1 heterocycles. The van der Waals surface area contributed by atoms with Crippen LogP contribution >= 0.6 is 0 Å². The van der Waals surface area contributed by atoms with Crippen molar-refractivity contribution in [2.45, 2.75) is 256 Å². The Morgan fingerprint density at radius 3 is 1.37 bits per heavy atom. The zero-order chi connectivity index (χ0) is 38.1. The molecule has 52 heavy (non-hydrogen) atoms. The van der Waals surface area contributed by atoms with Crippen LogP contribution in [0.2, 0.25) is 0 Å². The molecule has 1 fully saturated rings. The molecule has 6 N–H and O–H groups in total. The van der Waals surface area contributed by atoms with Gasteiger partial charge in [-0.3, -0.25) is 4.79 Å². The average molecular weight is 744 g/mol. The van der Waals surface area contributed by atoms with Crippen LogP contribution in [0.3, 0.4) is 0 Å². The zero-order valence-corrected chi connectivity index (χ0v) is 33.8. The predicted molar refractivity (Wildman–Crippen MR) is 212 cm³/mol. The molecular weight excluding hydrogens is 658 g/mol. The van der Waals surface area contributed by atoms with Crippen LogP contribution in [0.5, 0.6) is 0 Å². The zero-order valence-electron chi connectivity index (χ0n) is 33.8. The smallest absolute Gasteiger partial charge is 0.220 e. The molecule has 1 rings (SSSR count). The van der Waals surface area contributed by atoms with Gasteiger partial charge in [-0.15, -0.1) is 0 Å². The van der Waals surface area contributed by atoms with Gasteiger partial charge in [0.1, 0.15) is 24.4 Å². The Bertz CT molecular complexity index is 786. The minimum Gasteiger partial charge on any atom is -0.394 e. The van der Waals surface area contributed by atoms with Crippen LogP contribution in [-0.4, -0.2) is 87.5 Å². The van der Waals surface area contributed by atoms with Crippen molar-refractivity contribution in [3.8, 4) is 0 Å². The van der Waals surface area contributed by atoms with Gasteiger partial charge in [0, 0.05) is 6.42 Å². The highest BCUT2D eigenvalue weighted by atomic mass is 16.7. The molecule has 0 spiro atoms. The van der Waals surface area contributed by atoms with Crippen LogP contribution in [0.4, 0.5) is 0 Å². The molecule has 1 saturated heterocycles. The molecule has 7 atom stereocenters. The topological polar surface area (TPSA) is 149 Å². The first-order valence-electron chi connectivity index (χ1n) is 22.2. The second-order valence-electron chi connectivity index (χ2n) is 15.9. The monoisotopic (exact) mass is 744 g/mol. The van der Waals surface area contributed by atoms with Gasteiger partial charge in [0.2, 0.25) is 5.91 Å². The molecule has 7 unspecified atom stereocenters. The largest absolute Gasteiger partial charge is 0.394 e. The fourth-order valence-electron chi connectivity index (χ4n) is 7.34. The van der Waals surface area contributed by atoms with E-state index in [1.165, 1.54) is 148 Å². The summed E-state index contributed by atoms with van der Waals surface area (Å²) in [5.41, 5.74) is 0. The molecule has 9 heteroatoms. The van der Waals surface area contributed by atoms with Crippen molar-refractivity contribution in [2.24, 2.45) is 0 Å². The molecular formula is C43H85NO8. The Morgan fingerprint density at radius 1 is 0.577 bits per heavy atom. The second-order valence-corrected chi connectivity index (χ2v) is 15.9. The Morgan fingerprint density at radius 2 is 0.962 bits per heavy atom. The Kier molecular flexibility index (Phi) is 32.8. The summed E-state index contributed by atoms with van der Waals surface area (Å²) in [7, 11) is 0. The van der Waals surface area contributed by atoms with E-state index >= 15 is 0 Å². The van der Waals surface area contributed by atoms with Crippen molar-refractivity contribution in [2.75, 3.05) is 13.2 Å². The van der Waals surface area contributed by atoms with E-state index < -0.39 is 49.5 Å². The van der Waals surface area contributed by atoms with Gasteiger partial charge in [0.15, 0.2) is 6.29 Å². The maximum Gasteiger partial charge on any atom is 0.220 e. The molecule has 0 radical (unpaired) electrons. The number of hydrogen-bond acceptors (Lipinski definition) is 8. The van der Waals surface area contributed by atoms with Crippen LogP contribution in [0, 0.1) is 0 Å². The second kappa shape index (κ2) is 34.7. The highest BCUT2D eigenvalue weighted by Gasteiger charge is 2.44. The van der Waals surface area contributed by atoms with Crippen molar-refractivity contribution in [1.82, 2.24) is 5.32 Å². The van der Waals surface area contributed by atoms with Crippen molar-refractivity contribution in [3.63, 3.8) is 0 Å². The Balaban J connectivity index is 2.34. The van der Waals surface area contributed by atoms with E-state index in [2.05, 4.69) is 19.2 Å². The van der Waals surface area contributed by atoms with Gasteiger partial charge in [-0.2, -0.15) is 0 Å². The molecule has 0 saturated carbocycles. The first-order valence-corrected chi connectivity index (χ1v) is 22.2. The number of aliphatic hydroxyl groups is 5. The number of rotatable bonds is 37. The van der Waals surface area contributed by atoms with Crippen LogP contribution < -0.4 is 5.32 Å². The van der Waals surface area contributed by atoms with Gasteiger partial charge in [0.25, 0.3) is 0 Å². The Hall–Kier alpha value is -0.810. The molecule has 1 aliphatic rings. The van der Waals surface area contributed by atoms with Gasteiger partial charge in [-0.05, 0) is 12.8 Å². The third-order valence-electron chi connectivity index (χ3n) is 11.0. The van der Waals surface area contributed by atoms with E-state index in [-0.39, 0.29) is 12.5 Å². The number of ether oxygens (including phenoxy) is 2. The van der Waals surface area contributed by atoms with Crippen LogP contribution in [-0.2, 0) is 14.3 Å². The van der Waals surface area contributed by atoms with E-state index in [1.54, 1.807) is 0 Å². The molecule has 0 aromatic heterocycles. The Labute approximate surface area is 319 Å². The van der Waals surface area contributed by atoms with Crippen molar-refractivity contribution in [3.05, 3.63) is 0 Å². The lowest BCUT2D eigenvalue weighted by Gasteiger charge is -2.40. The molecule has 1 aliphatic heterocycles. The van der Waals surface area contributed by atoms with Crippen molar-refractivity contribution in [1.29, 1.82) is 0 Å². The summed E-state index contributed by atoms with van der Waals surface area (Å²) in [5.74, 6) is -0.142. The number of hydrogen-bond donors (Lipinski definition) is 6. The van der Waals surface area contributed by atoms with Gasteiger partial charge in [0.05, 0.1) is 25.4 Å². The standard InChI is InChI=1S/C43H85NO8/c1-3-5-7-9-11-13-15-17-19-21-23-25-27-29-31-33-39(47)44-36(35-51-43-42(50)41(49)40(48)38(34-45)52-43)37(46)32-30-28-26-24-22-20-18-16-14-12-10-8-6-4-2/h36-38,40-43,45-46,48-50H,3-35H2,1-2H3,(H,44,47). The number of amides is 1. The lowest BCUT2D eigenvalue weighted by Crippen LogP contribution is -2.60. The molecule has 310 valence electrons. The van der Waals surface area contributed by atoms with Crippen LogP contribution in [0.1, 0.15) is 213 Å². The van der Waals surface area contributed by atoms with E-state index in [9.17, 15) is 30.3 Å². The summed E-state index contributed by atoms with van der Waals surface area (Å²) in [6, 6.07) is -0.710. The summed E-state index contributed by atoms with van der Waals surface area (Å²) in [5, 5.41) is 54.3. The van der Waals surface area contributed by atoms with Gasteiger partial charge in [-0.25, -0.2) is 0 Å². The number of unbranched alkanes of at least 4 members (excludes halogenated alkanes) is 27. The summed E-state index contributed by atoms with van der Waals surface area (Å²) in [4.78, 5) is 12.9. The number of carbonyl (C=O) groups is 1. The molecule has 1 amide bonds. The van der Waals surface area contributed by atoms with E-state index in [0.717, 1.165) is 38.5 Å². The van der Waals surface area contributed by atoms with Gasteiger partial charge < -0.3 is 40.3 Å². The lowest BCUT2D eigenvalue weighted by molar-refractivity contribution is -0.302. The van der Waals surface area contributed by atoms with E-state index in [4.69, 9.17) is 9.47 Å². The fourth-order valence-corrected chi connectivity index (χ4v) is 7.34. The number of carbonyl (C=O) groups excluding carboxylic acids is 1. The highest BCUT2D eigenvalue weighted by molar-refractivity contribution is 5.76.